The molecule has 1 aromatic heterocycles. The Morgan fingerprint density at radius 3 is 2.59 bits per heavy atom. The number of aromatic nitrogens is 1. The van der Waals surface area contributed by atoms with Crippen LogP contribution in [0.1, 0.15) is 25.3 Å². The topological polar surface area (TPSA) is 75.8 Å². The van der Waals surface area contributed by atoms with Crippen LogP contribution in [0, 0.1) is 18.8 Å². The molecule has 0 amide bonds. The van der Waals surface area contributed by atoms with Crippen LogP contribution in [0.5, 0.6) is 0 Å². The van der Waals surface area contributed by atoms with Crippen molar-refractivity contribution in [2.45, 2.75) is 31.9 Å². The molecule has 2 aromatic rings. The van der Waals surface area contributed by atoms with E-state index in [9.17, 15) is 4.79 Å². The van der Waals surface area contributed by atoms with E-state index in [1.807, 2.05) is 50.2 Å². The van der Waals surface area contributed by atoms with E-state index in [-0.39, 0.29) is 0 Å². The molecule has 0 saturated heterocycles. The molecule has 7 heteroatoms. The number of thioether (sulfide) groups is 1. The van der Waals surface area contributed by atoms with Crippen LogP contribution in [-0.2, 0) is 16.0 Å². The third kappa shape index (κ3) is 6.84. The third-order valence-corrected chi connectivity index (χ3v) is 5.51. The molecule has 0 radical (unpaired) electrons. The average Bonchev–Trinajstić information content (AvgIpc) is 3.04. The first-order chi connectivity index (χ1) is 13.7. The number of aliphatic carboxylic acids is 1. The van der Waals surface area contributed by atoms with Gasteiger partial charge in [0.1, 0.15) is 17.1 Å². The molecule has 0 aliphatic heterocycles. The molecule has 6 nitrogen and oxygen atoms in total. The second kappa shape index (κ2) is 10.4. The van der Waals surface area contributed by atoms with Gasteiger partial charge >= 0.3 is 5.97 Å². The molecule has 0 saturated carbocycles. The maximum absolute atomic E-state index is 11.0. The maximum Gasteiger partial charge on any atom is 0.319 e. The van der Waals surface area contributed by atoms with Crippen molar-refractivity contribution in [3.05, 3.63) is 35.7 Å². The first kappa shape index (κ1) is 22.9. The predicted molar refractivity (Wildman–Crippen MR) is 117 cm³/mol. The van der Waals surface area contributed by atoms with E-state index < -0.39 is 10.7 Å². The predicted octanol–water partition coefficient (Wildman–Crippen LogP) is 3.87. The van der Waals surface area contributed by atoms with Crippen LogP contribution < -0.4 is 4.90 Å². The summed E-state index contributed by atoms with van der Waals surface area (Å²) in [7, 11) is 4.00. The van der Waals surface area contributed by atoms with E-state index in [4.69, 9.17) is 14.3 Å². The number of oxazole rings is 1. The Kier molecular flexibility index (Phi) is 8.18. The first-order valence-corrected chi connectivity index (χ1v) is 10.3. The number of carbonyl (C=O) groups is 1. The number of nitrogens with zero attached hydrogens (tertiary/aromatic N) is 2. The van der Waals surface area contributed by atoms with Gasteiger partial charge in [0.25, 0.3) is 0 Å². The van der Waals surface area contributed by atoms with Gasteiger partial charge in [-0.1, -0.05) is 11.8 Å². The molecule has 0 fully saturated rings. The lowest BCUT2D eigenvalue weighted by Crippen LogP contribution is -2.27. The normalized spacial score (nSPS) is 11.1. The Balaban J connectivity index is 1.78. The van der Waals surface area contributed by atoms with E-state index in [1.165, 1.54) is 11.8 Å². The maximum atomic E-state index is 11.0. The number of carboxylic acid groups (broad SMARTS) is 1. The van der Waals surface area contributed by atoms with Gasteiger partial charge in [0.05, 0.1) is 18.1 Å². The van der Waals surface area contributed by atoms with Crippen molar-refractivity contribution < 1.29 is 19.1 Å². The smallest absolute Gasteiger partial charge is 0.319 e. The van der Waals surface area contributed by atoms with Crippen LogP contribution in [0.25, 0.3) is 11.5 Å². The largest absolute Gasteiger partial charge is 0.480 e. The summed E-state index contributed by atoms with van der Waals surface area (Å²) in [5, 5.41) is 9.04. The molecule has 0 bridgehead atoms. The third-order valence-electron chi connectivity index (χ3n) is 4.33. The second-order valence-corrected chi connectivity index (χ2v) is 8.82. The highest BCUT2D eigenvalue weighted by Crippen LogP contribution is 2.25. The number of rotatable bonds is 9. The van der Waals surface area contributed by atoms with Gasteiger partial charge in [-0.2, -0.15) is 0 Å². The van der Waals surface area contributed by atoms with Gasteiger partial charge in [-0.3, -0.25) is 4.79 Å². The molecule has 29 heavy (non-hydrogen) atoms. The Bertz CT molecular complexity index is 876. The number of aryl methyl sites for hydroxylation is 1. The van der Waals surface area contributed by atoms with Crippen LogP contribution in [0.3, 0.4) is 0 Å². The molecule has 1 heterocycles. The van der Waals surface area contributed by atoms with Crippen molar-refractivity contribution in [1.29, 1.82) is 0 Å². The van der Waals surface area contributed by atoms with Gasteiger partial charge < -0.3 is 19.2 Å². The van der Waals surface area contributed by atoms with Crippen molar-refractivity contribution in [2.24, 2.45) is 0 Å². The molecule has 2 rings (SSSR count). The minimum Gasteiger partial charge on any atom is -0.480 e. The van der Waals surface area contributed by atoms with Gasteiger partial charge in [0, 0.05) is 31.8 Å². The molecule has 0 spiro atoms. The van der Waals surface area contributed by atoms with Crippen molar-refractivity contribution in [3.63, 3.8) is 0 Å². The van der Waals surface area contributed by atoms with Gasteiger partial charge in [0.2, 0.25) is 5.89 Å². The van der Waals surface area contributed by atoms with Gasteiger partial charge in [0.15, 0.2) is 0 Å². The zero-order chi connectivity index (χ0) is 21.4. The van der Waals surface area contributed by atoms with Gasteiger partial charge in [-0.15, -0.1) is 11.8 Å². The van der Waals surface area contributed by atoms with Crippen LogP contribution >= 0.6 is 11.8 Å². The lowest BCUT2D eigenvalue weighted by Gasteiger charge is -2.16. The Morgan fingerprint density at radius 1 is 1.28 bits per heavy atom. The van der Waals surface area contributed by atoms with Crippen molar-refractivity contribution >= 4 is 23.4 Å². The summed E-state index contributed by atoms with van der Waals surface area (Å²) in [4.78, 5) is 17.6. The zero-order valence-corrected chi connectivity index (χ0v) is 18.4. The number of ether oxygens (including phenoxy) is 1. The number of hydrogen-bond acceptors (Lipinski definition) is 6. The van der Waals surface area contributed by atoms with E-state index in [1.54, 1.807) is 13.8 Å². The highest BCUT2D eigenvalue weighted by Gasteiger charge is 2.26. The summed E-state index contributed by atoms with van der Waals surface area (Å²) in [6.07, 6.45) is 0.646. The minimum atomic E-state index is -0.837. The number of anilines is 1. The van der Waals surface area contributed by atoms with Crippen molar-refractivity contribution in [3.8, 4) is 23.3 Å². The summed E-state index contributed by atoms with van der Waals surface area (Å²) < 4.78 is 10.5. The summed E-state index contributed by atoms with van der Waals surface area (Å²) in [6, 6.07) is 8.07. The number of carboxylic acids is 1. The minimum absolute atomic E-state index is 0.309. The molecule has 1 aromatic carbocycles. The monoisotopic (exact) mass is 416 g/mol. The lowest BCUT2D eigenvalue weighted by molar-refractivity contribution is -0.138. The molecule has 0 unspecified atom stereocenters. The molecular weight excluding hydrogens is 388 g/mol. The Labute approximate surface area is 176 Å². The SMILES string of the molecule is Cc1oc(-c2ccc(N(C)C)cc2)nc1CCOCC#CCSC(C)(C)C(=O)O. The fourth-order valence-electron chi connectivity index (χ4n) is 2.36. The highest BCUT2D eigenvalue weighted by atomic mass is 32.2. The van der Waals surface area contributed by atoms with Crippen molar-refractivity contribution in [1.82, 2.24) is 4.98 Å². The van der Waals surface area contributed by atoms with Gasteiger partial charge in [-0.25, -0.2) is 4.98 Å². The summed E-state index contributed by atoms with van der Waals surface area (Å²) in [6.45, 7) is 6.05. The molecule has 0 atom stereocenters. The van der Waals surface area contributed by atoms with Crippen LogP contribution in [0.15, 0.2) is 28.7 Å². The van der Waals surface area contributed by atoms with E-state index in [2.05, 4.69) is 16.8 Å². The zero-order valence-electron chi connectivity index (χ0n) is 17.6. The molecular formula is C22H28N2O4S. The fraction of sp³-hybridized carbons (Fsp3) is 0.455. The van der Waals surface area contributed by atoms with E-state index >= 15 is 0 Å². The van der Waals surface area contributed by atoms with Gasteiger partial charge in [-0.05, 0) is 45.0 Å². The summed E-state index contributed by atoms with van der Waals surface area (Å²) >= 11 is 1.30. The van der Waals surface area contributed by atoms with E-state index in [0.717, 1.165) is 22.7 Å². The molecule has 0 aliphatic carbocycles. The van der Waals surface area contributed by atoms with Crippen molar-refractivity contribution in [2.75, 3.05) is 38.0 Å². The standard InChI is InChI=1S/C22H28N2O4S/c1-16-19(12-14-27-13-6-7-15-29-22(2,3)21(25)26)23-20(28-16)17-8-10-18(11-9-17)24(4)5/h8-11H,12-15H2,1-5H3,(H,25,26). The van der Waals surface area contributed by atoms with Crippen LogP contribution in [0.4, 0.5) is 5.69 Å². The second-order valence-electron chi connectivity index (χ2n) is 7.22. The summed E-state index contributed by atoms with van der Waals surface area (Å²) in [5.74, 6) is 6.87. The fourth-order valence-corrected chi connectivity index (χ4v) is 3.02. The van der Waals surface area contributed by atoms with E-state index in [0.29, 0.717) is 31.3 Å². The quantitative estimate of drug-likeness (QED) is 0.491. The molecule has 156 valence electrons. The lowest BCUT2D eigenvalue weighted by atomic mass is 10.2. The first-order valence-electron chi connectivity index (χ1n) is 9.35. The van der Waals surface area contributed by atoms with Crippen LogP contribution in [-0.4, -0.2) is 53.9 Å². The Morgan fingerprint density at radius 2 is 1.97 bits per heavy atom. The molecule has 1 N–H and O–H groups in total. The molecule has 0 aliphatic rings. The number of benzene rings is 1. The Hall–Kier alpha value is -2.43. The number of hydrogen-bond donors (Lipinski definition) is 1. The summed E-state index contributed by atoms with van der Waals surface area (Å²) in [5.41, 5.74) is 2.94. The average molecular weight is 417 g/mol. The highest BCUT2D eigenvalue weighted by molar-refractivity contribution is 8.01. The van der Waals surface area contributed by atoms with Crippen LogP contribution in [0.2, 0.25) is 0 Å².